The maximum absolute atomic E-state index is 14.4. The lowest BCUT2D eigenvalue weighted by Crippen LogP contribution is -2.68. The van der Waals surface area contributed by atoms with Crippen molar-refractivity contribution < 1.29 is 24.0 Å². The number of carbonyl (C=O) groups is 2. The number of phenols is 1. The lowest BCUT2D eigenvalue weighted by molar-refractivity contribution is -0.144. The van der Waals surface area contributed by atoms with Crippen LogP contribution in [0.15, 0.2) is 70.7 Å². The summed E-state index contributed by atoms with van der Waals surface area (Å²) in [4.78, 5) is 48.6. The summed E-state index contributed by atoms with van der Waals surface area (Å²) in [5, 5.41) is 27.0. The highest BCUT2D eigenvalue weighted by Crippen LogP contribution is 2.52. The number of nitrogen functional groups attached to an aromatic ring is 1. The number of morpholine rings is 1. The number of carbonyl (C=O) groups excluding carboxylic acids is 2. The summed E-state index contributed by atoms with van der Waals surface area (Å²) in [5.74, 6) is 1.94. The molecule has 2 bridgehead atoms. The minimum absolute atomic E-state index is 0.0287. The number of piperidine rings is 2. The number of fused-ring (bicyclic) bond motifs is 2. The predicted octanol–water partition coefficient (Wildman–Crippen LogP) is 8.75. The van der Waals surface area contributed by atoms with Crippen molar-refractivity contribution >= 4 is 40.5 Å². The number of nitrogens with one attached hydrogen (secondary N) is 1. The number of hydrogen-bond donors (Lipinski definition) is 3. The van der Waals surface area contributed by atoms with Gasteiger partial charge in [0.05, 0.1) is 46.2 Å². The van der Waals surface area contributed by atoms with Gasteiger partial charge < -0.3 is 45.0 Å². The molecule has 12 rings (SSSR count). The molecular formula is C62H84N12O5S. The number of amides is 2. The Labute approximate surface area is 476 Å². The first kappa shape index (κ1) is 54.9. The van der Waals surface area contributed by atoms with Crippen molar-refractivity contribution in [3.63, 3.8) is 0 Å². The average Bonchev–Trinajstić information content (AvgIpc) is 4.30. The van der Waals surface area contributed by atoms with E-state index in [4.69, 9.17) is 15.0 Å². The van der Waals surface area contributed by atoms with Crippen molar-refractivity contribution in [2.24, 2.45) is 17.3 Å². The number of hydrogen-bond acceptors (Lipinski definition) is 16. The van der Waals surface area contributed by atoms with Crippen LogP contribution in [0.5, 0.6) is 5.75 Å². The Morgan fingerprint density at radius 1 is 0.875 bits per heavy atom. The van der Waals surface area contributed by atoms with E-state index in [1.165, 1.54) is 38.8 Å². The number of nitrogens with two attached hydrogens (primary N) is 1. The summed E-state index contributed by atoms with van der Waals surface area (Å²) in [6, 6.07) is 20.3. The van der Waals surface area contributed by atoms with Crippen molar-refractivity contribution in [2.75, 3.05) is 87.6 Å². The second kappa shape index (κ2) is 22.6. The van der Waals surface area contributed by atoms with Crippen LogP contribution in [0.25, 0.3) is 21.7 Å². The number of likely N-dealkylation sites (tertiary alicyclic amines) is 2. The number of ether oxygens (including phenoxy) is 1. The quantitative estimate of drug-likeness (QED) is 0.0903. The van der Waals surface area contributed by atoms with Crippen LogP contribution in [0.3, 0.4) is 0 Å². The number of piperazine rings is 1. The van der Waals surface area contributed by atoms with Crippen LogP contribution in [0.1, 0.15) is 128 Å². The van der Waals surface area contributed by atoms with Crippen molar-refractivity contribution in [3.8, 4) is 27.4 Å². The second-order valence-corrected chi connectivity index (χ2v) is 26.5. The molecule has 7 aliphatic rings. The monoisotopic (exact) mass is 1110 g/mol. The second-order valence-electron chi connectivity index (χ2n) is 25.6. The number of rotatable bonds is 15. The van der Waals surface area contributed by atoms with Gasteiger partial charge >= 0.3 is 0 Å². The molecule has 80 heavy (non-hydrogen) atoms. The van der Waals surface area contributed by atoms with E-state index in [2.05, 4.69) is 102 Å². The Bertz CT molecular complexity index is 2960. The van der Waals surface area contributed by atoms with Crippen molar-refractivity contribution in [2.45, 2.75) is 154 Å². The number of thiazole rings is 1. The smallest absolute Gasteiger partial charge is 0.243 e. The third-order valence-electron chi connectivity index (χ3n) is 20.0. The van der Waals surface area contributed by atoms with E-state index < -0.39 is 12.0 Å². The molecule has 9 heterocycles. The minimum atomic E-state index is -0.520. The number of aromatic hydroxyl groups is 1. The van der Waals surface area contributed by atoms with E-state index in [1.807, 2.05) is 49.7 Å². The molecule has 17 nitrogen and oxygen atoms in total. The van der Waals surface area contributed by atoms with Crippen LogP contribution in [0.4, 0.5) is 17.3 Å². The number of phenolic OH excluding ortho intramolecular Hbond substituents is 1. The van der Waals surface area contributed by atoms with E-state index in [1.54, 1.807) is 22.3 Å². The summed E-state index contributed by atoms with van der Waals surface area (Å²) in [5.41, 5.74) is 14.1. The van der Waals surface area contributed by atoms with E-state index in [9.17, 15) is 14.7 Å². The summed E-state index contributed by atoms with van der Waals surface area (Å²) < 4.78 is 12.7. The molecule has 1 saturated carbocycles. The third kappa shape index (κ3) is 10.8. The SMILES string of the molecule is Cc1ncsc1-c1ccc([C@H](C)NC(=O)[C@@H]2CCCN2C(=O)[C@@H](c2cc(N3CCC(CN4CCC5(CC4)CC(N4CCO[C@@H](C(C)(C)N6C7CCC6CN(c6cc(-c8ccccc8O)nnc6N)C7)C4)C5)CC3)no2)C(C)C)cc1. The Hall–Kier alpha value is -5.66. The predicted molar refractivity (Wildman–Crippen MR) is 314 cm³/mol. The van der Waals surface area contributed by atoms with Crippen LogP contribution < -0.4 is 20.9 Å². The normalized spacial score (nSPS) is 25.1. The van der Waals surface area contributed by atoms with E-state index in [0.717, 1.165) is 118 Å². The molecule has 5 aromatic rings. The standard InChI is InChI=1S/C62H84N12O5S/c1-39(2)56(60(77)73-23-9-11-50(73)59(76)65-40(3)43-13-15-44(16-14-43)57-41(4)64-38-80-57)53-31-55(68-79-53)70-24-19-42(20-25-70)34-69-26-21-62(22-27-69)32-47(33-62)71-28-29-78-54(37-71)61(5,6)74-45-17-18-46(74)36-72(35-45)51-30-49(66-67-58(51)63)48-10-7-8-12-52(48)75/h7-8,10,12-16,30-31,38-40,42,45-47,50,54,56,75H,9,11,17-29,32-37H2,1-6H3,(H2,63,67)(H,65,76)/t40-,45?,46?,50-,54+,56+/m0/s1. The first-order valence-electron chi connectivity index (χ1n) is 30.0. The van der Waals surface area contributed by atoms with Gasteiger partial charge in [-0.15, -0.1) is 21.5 Å². The first-order valence-corrected chi connectivity index (χ1v) is 30.8. The maximum atomic E-state index is 14.4. The first-order chi connectivity index (χ1) is 38.6. The van der Waals surface area contributed by atoms with Crippen LogP contribution >= 0.6 is 11.3 Å². The molecule has 6 saturated heterocycles. The van der Waals surface area contributed by atoms with E-state index in [0.29, 0.717) is 65.3 Å². The van der Waals surface area contributed by atoms with Crippen LogP contribution in [0.2, 0.25) is 0 Å². The van der Waals surface area contributed by atoms with E-state index >= 15 is 0 Å². The lowest BCUT2D eigenvalue weighted by Gasteiger charge is -2.58. The fraction of sp³-hybridized carbons (Fsp3) is 0.613. The van der Waals surface area contributed by atoms with Gasteiger partial charge in [0, 0.05) is 87.7 Å². The summed E-state index contributed by atoms with van der Waals surface area (Å²) >= 11 is 1.63. The van der Waals surface area contributed by atoms with Crippen molar-refractivity contribution in [3.05, 3.63) is 83.2 Å². The number of benzene rings is 2. The molecule has 4 N–H and O–H groups in total. The summed E-state index contributed by atoms with van der Waals surface area (Å²) in [6.07, 6.45) is 11.3. The molecule has 1 spiro atoms. The largest absolute Gasteiger partial charge is 0.507 e. The molecule has 6 atom stereocenters. The number of aromatic nitrogens is 4. The zero-order valence-corrected chi connectivity index (χ0v) is 48.8. The molecule has 7 fully saturated rings. The number of para-hydroxylation sites is 1. The third-order valence-corrected chi connectivity index (χ3v) is 20.9. The van der Waals surface area contributed by atoms with Gasteiger partial charge in [-0.2, -0.15) is 0 Å². The molecule has 3 aromatic heterocycles. The van der Waals surface area contributed by atoms with Gasteiger partial charge in [0.25, 0.3) is 0 Å². The van der Waals surface area contributed by atoms with Gasteiger partial charge in [0.1, 0.15) is 17.7 Å². The number of aryl methyl sites for hydroxylation is 1. The zero-order valence-electron chi connectivity index (χ0n) is 47.9. The van der Waals surface area contributed by atoms with Crippen LogP contribution in [0, 0.1) is 24.2 Å². The average molecular weight is 1110 g/mol. The van der Waals surface area contributed by atoms with Crippen molar-refractivity contribution in [1.29, 1.82) is 0 Å². The molecule has 1 aliphatic carbocycles. The summed E-state index contributed by atoms with van der Waals surface area (Å²) in [7, 11) is 0. The molecule has 2 unspecified atom stereocenters. The number of nitrogens with zero attached hydrogens (tertiary/aromatic N) is 10. The molecule has 428 valence electrons. The molecule has 18 heteroatoms. The molecular weight excluding hydrogens is 1020 g/mol. The zero-order chi connectivity index (χ0) is 55.5. The van der Waals surface area contributed by atoms with Crippen LogP contribution in [-0.4, -0.2) is 165 Å². The Kier molecular flexibility index (Phi) is 15.5. The maximum Gasteiger partial charge on any atom is 0.243 e. The Morgan fingerprint density at radius 2 is 1.61 bits per heavy atom. The molecule has 2 amide bonds. The highest BCUT2D eigenvalue weighted by atomic mass is 32.1. The molecule has 2 aromatic carbocycles. The fourth-order valence-corrected chi connectivity index (χ4v) is 16.1. The van der Waals surface area contributed by atoms with Gasteiger partial charge in [-0.05, 0) is 152 Å². The van der Waals surface area contributed by atoms with E-state index in [-0.39, 0.29) is 41.2 Å². The van der Waals surface area contributed by atoms with Gasteiger partial charge in [0.15, 0.2) is 17.4 Å². The number of anilines is 3. The fourth-order valence-electron chi connectivity index (χ4n) is 15.3. The van der Waals surface area contributed by atoms with Crippen molar-refractivity contribution in [1.82, 2.24) is 45.3 Å². The topological polar surface area (TPSA) is 186 Å². The van der Waals surface area contributed by atoms with Gasteiger partial charge in [-0.1, -0.05) is 55.4 Å². The highest BCUT2D eigenvalue weighted by Gasteiger charge is 2.54. The van der Waals surface area contributed by atoms with Gasteiger partial charge in [-0.3, -0.25) is 19.4 Å². The van der Waals surface area contributed by atoms with Gasteiger partial charge in [-0.25, -0.2) is 4.98 Å². The summed E-state index contributed by atoms with van der Waals surface area (Å²) in [6.45, 7) is 23.4. The Morgan fingerprint density at radius 3 is 2.31 bits per heavy atom. The lowest BCUT2D eigenvalue weighted by atomic mass is 9.60. The van der Waals surface area contributed by atoms with Gasteiger partial charge in [0.2, 0.25) is 11.8 Å². The molecule has 0 radical (unpaired) electrons. The highest BCUT2D eigenvalue weighted by molar-refractivity contribution is 7.13. The minimum Gasteiger partial charge on any atom is -0.507 e. The van der Waals surface area contributed by atoms with Crippen LogP contribution in [-0.2, 0) is 14.3 Å². The molecule has 6 aliphatic heterocycles. The Balaban J connectivity index is 0.584.